The number of carbonyl (C=O) groups excluding carboxylic acids is 1. The summed E-state index contributed by atoms with van der Waals surface area (Å²) < 4.78 is 3.73. The molecule has 0 spiro atoms. The van der Waals surface area contributed by atoms with Gasteiger partial charge in [0.15, 0.2) is 0 Å². The summed E-state index contributed by atoms with van der Waals surface area (Å²) in [4.78, 5) is 35.6. The van der Waals surface area contributed by atoms with Gasteiger partial charge in [0.25, 0.3) is 11.5 Å². The number of benzene rings is 1. The molecule has 43 heavy (non-hydrogen) atoms. The van der Waals surface area contributed by atoms with E-state index in [2.05, 4.69) is 31.2 Å². The number of piperazine rings is 1. The number of hydrogen-bond acceptors (Lipinski definition) is 7. The van der Waals surface area contributed by atoms with Gasteiger partial charge in [0.05, 0.1) is 24.2 Å². The van der Waals surface area contributed by atoms with E-state index < -0.39 is 0 Å². The number of anilines is 4. The highest BCUT2D eigenvalue weighted by molar-refractivity contribution is 6.07. The normalized spacial score (nSPS) is 16.7. The number of pyridine rings is 2. The number of nitrogens with zero attached hydrogens (tertiary/aromatic N) is 5. The van der Waals surface area contributed by atoms with Crippen molar-refractivity contribution in [1.29, 1.82) is 0 Å². The Morgan fingerprint density at radius 1 is 1.00 bits per heavy atom. The third-order valence-electron chi connectivity index (χ3n) is 9.01. The lowest BCUT2D eigenvalue weighted by Crippen LogP contribution is -2.43. The van der Waals surface area contributed by atoms with Crippen molar-refractivity contribution >= 4 is 28.8 Å². The Hall–Kier alpha value is -4.41. The number of fused-ring (bicyclic) bond motifs is 3. The Morgan fingerprint density at radius 2 is 1.84 bits per heavy atom. The molecule has 5 heterocycles. The Kier molecular flexibility index (Phi) is 7.24. The van der Waals surface area contributed by atoms with Gasteiger partial charge >= 0.3 is 0 Å². The highest BCUT2D eigenvalue weighted by atomic mass is 16.3. The first-order valence-electron chi connectivity index (χ1n) is 15.2. The summed E-state index contributed by atoms with van der Waals surface area (Å²) in [5, 5.41) is 17.2. The molecule has 3 aliphatic rings. The fourth-order valence-electron chi connectivity index (χ4n) is 6.79. The van der Waals surface area contributed by atoms with Crippen LogP contribution >= 0.6 is 0 Å². The van der Waals surface area contributed by atoms with Gasteiger partial charge in [-0.1, -0.05) is 12.1 Å². The summed E-state index contributed by atoms with van der Waals surface area (Å²) in [5.74, 6) is 0.541. The monoisotopic (exact) mass is 579 g/mol. The Bertz CT molecular complexity index is 1730. The first kappa shape index (κ1) is 27.4. The second-order valence-corrected chi connectivity index (χ2v) is 11.6. The first-order chi connectivity index (χ1) is 21.0. The fraction of sp³-hybridized carbons (Fsp3) is 0.364. The SMILES string of the molecule is Cn1cc(-c2cccc(N3CCn4c(cc5c4CCCC5)C3=O)c2CO)cc(Nc2ccc(N3CCNCC3)cn2)c1=O. The van der Waals surface area contributed by atoms with Crippen LogP contribution in [0.25, 0.3) is 11.1 Å². The molecule has 0 unspecified atom stereocenters. The van der Waals surface area contributed by atoms with Gasteiger partial charge in [-0.3, -0.25) is 9.59 Å². The van der Waals surface area contributed by atoms with Gasteiger partial charge in [-0.05, 0) is 67.1 Å². The average molecular weight is 580 g/mol. The molecule has 4 aromatic rings. The maximum absolute atomic E-state index is 13.8. The molecule has 1 saturated heterocycles. The number of aliphatic hydroxyl groups excluding tert-OH is 1. The highest BCUT2D eigenvalue weighted by Gasteiger charge is 2.31. The summed E-state index contributed by atoms with van der Waals surface area (Å²) in [6.45, 7) is 4.79. The van der Waals surface area contributed by atoms with Gasteiger partial charge in [0, 0.05) is 69.3 Å². The molecule has 10 heteroatoms. The number of aryl methyl sites for hydroxylation is 2. The van der Waals surface area contributed by atoms with Crippen LogP contribution in [0.5, 0.6) is 0 Å². The van der Waals surface area contributed by atoms with Crippen molar-refractivity contribution in [2.75, 3.05) is 47.8 Å². The van der Waals surface area contributed by atoms with Crippen LogP contribution in [0.15, 0.2) is 59.7 Å². The van der Waals surface area contributed by atoms with Crippen LogP contribution < -0.4 is 26.0 Å². The highest BCUT2D eigenvalue weighted by Crippen LogP contribution is 2.36. The van der Waals surface area contributed by atoms with E-state index in [0.29, 0.717) is 29.3 Å². The average Bonchev–Trinajstić information content (AvgIpc) is 3.43. The zero-order valence-corrected chi connectivity index (χ0v) is 24.5. The van der Waals surface area contributed by atoms with Crippen LogP contribution in [0, 0.1) is 0 Å². The third kappa shape index (κ3) is 5.00. The minimum Gasteiger partial charge on any atom is -0.392 e. The molecular formula is C33H37N7O3. The molecule has 3 aromatic heterocycles. The maximum Gasteiger partial charge on any atom is 0.274 e. The molecule has 0 saturated carbocycles. The Balaban J connectivity index is 1.19. The number of aromatic nitrogens is 3. The number of hydrogen-bond donors (Lipinski definition) is 3. The largest absolute Gasteiger partial charge is 0.392 e. The summed E-state index contributed by atoms with van der Waals surface area (Å²) in [6.07, 6.45) is 7.98. The van der Waals surface area contributed by atoms with Crippen molar-refractivity contribution in [3.63, 3.8) is 0 Å². The van der Waals surface area contributed by atoms with Crippen LogP contribution in [-0.2, 0) is 33.0 Å². The van der Waals surface area contributed by atoms with Gasteiger partial charge in [-0.15, -0.1) is 0 Å². The van der Waals surface area contributed by atoms with Crippen molar-refractivity contribution < 1.29 is 9.90 Å². The van der Waals surface area contributed by atoms with E-state index in [0.717, 1.165) is 68.1 Å². The lowest BCUT2D eigenvalue weighted by molar-refractivity contribution is 0.0964. The number of rotatable bonds is 6. The van der Waals surface area contributed by atoms with Crippen LogP contribution in [0.1, 0.15) is 40.2 Å². The molecule has 2 aliphatic heterocycles. The summed E-state index contributed by atoms with van der Waals surface area (Å²) >= 11 is 0. The molecule has 0 atom stereocenters. The number of aliphatic hydroxyl groups is 1. The minimum atomic E-state index is -0.243. The number of amides is 1. The molecule has 1 fully saturated rings. The zero-order chi connectivity index (χ0) is 29.5. The fourth-order valence-corrected chi connectivity index (χ4v) is 6.79. The molecule has 10 nitrogen and oxygen atoms in total. The van der Waals surface area contributed by atoms with E-state index in [1.54, 1.807) is 24.2 Å². The molecule has 1 aromatic carbocycles. The van der Waals surface area contributed by atoms with E-state index in [-0.39, 0.29) is 18.1 Å². The molecule has 7 rings (SSSR count). The van der Waals surface area contributed by atoms with Gasteiger partial charge in [-0.2, -0.15) is 0 Å². The summed E-state index contributed by atoms with van der Waals surface area (Å²) in [5.41, 5.74) is 7.48. The molecule has 3 N–H and O–H groups in total. The molecule has 0 bridgehead atoms. The van der Waals surface area contributed by atoms with E-state index in [9.17, 15) is 14.7 Å². The van der Waals surface area contributed by atoms with Gasteiger partial charge in [0.1, 0.15) is 17.2 Å². The van der Waals surface area contributed by atoms with Crippen molar-refractivity contribution in [3.8, 4) is 11.1 Å². The number of carbonyl (C=O) groups is 1. The minimum absolute atomic E-state index is 0.0364. The van der Waals surface area contributed by atoms with Crippen molar-refractivity contribution in [2.45, 2.75) is 38.8 Å². The van der Waals surface area contributed by atoms with Crippen molar-refractivity contribution in [2.24, 2.45) is 7.05 Å². The predicted molar refractivity (Wildman–Crippen MR) is 168 cm³/mol. The first-order valence-corrected chi connectivity index (χ1v) is 15.2. The lowest BCUT2D eigenvalue weighted by Gasteiger charge is -2.31. The summed E-state index contributed by atoms with van der Waals surface area (Å²) in [6, 6.07) is 13.5. The molecule has 1 aliphatic carbocycles. The van der Waals surface area contributed by atoms with Gasteiger partial charge < -0.3 is 34.7 Å². The van der Waals surface area contributed by atoms with E-state index in [4.69, 9.17) is 0 Å². The third-order valence-corrected chi connectivity index (χ3v) is 9.01. The Labute approximate surface area is 250 Å². The number of nitrogens with one attached hydrogen (secondary N) is 2. The molecule has 222 valence electrons. The lowest BCUT2D eigenvalue weighted by atomic mass is 9.98. The standard InChI is InChI=1S/C33H37N7O3/c1-37-20-23(17-27(32(37)42)36-31-10-9-24(19-35-31)38-13-11-34-12-14-38)25-6-4-8-29(26(25)21-41)40-16-15-39-28-7-3-2-5-22(28)18-30(39)33(40)43/h4,6,8-10,17-20,34,41H,2-3,5,7,11-16,21H2,1H3,(H,35,36). The second-order valence-electron chi connectivity index (χ2n) is 11.6. The maximum atomic E-state index is 13.8. The molecule has 1 amide bonds. The van der Waals surface area contributed by atoms with Crippen LogP contribution in [0.4, 0.5) is 22.9 Å². The quantitative estimate of drug-likeness (QED) is 0.321. The van der Waals surface area contributed by atoms with Crippen LogP contribution in [-0.4, -0.2) is 57.9 Å². The van der Waals surface area contributed by atoms with Gasteiger partial charge in [0.2, 0.25) is 0 Å². The van der Waals surface area contributed by atoms with Crippen molar-refractivity contribution in [1.82, 2.24) is 19.4 Å². The van der Waals surface area contributed by atoms with Gasteiger partial charge in [-0.25, -0.2) is 4.98 Å². The van der Waals surface area contributed by atoms with E-state index >= 15 is 0 Å². The topological polar surface area (TPSA) is 108 Å². The summed E-state index contributed by atoms with van der Waals surface area (Å²) in [7, 11) is 1.71. The van der Waals surface area contributed by atoms with E-state index in [1.165, 1.54) is 28.7 Å². The molecular weight excluding hydrogens is 542 g/mol. The Morgan fingerprint density at radius 3 is 2.63 bits per heavy atom. The van der Waals surface area contributed by atoms with Crippen molar-refractivity contribution in [3.05, 3.63) is 87.7 Å². The smallest absolute Gasteiger partial charge is 0.274 e. The van der Waals surface area contributed by atoms with Crippen LogP contribution in [0.3, 0.4) is 0 Å². The molecule has 0 radical (unpaired) electrons. The van der Waals surface area contributed by atoms with Crippen LogP contribution in [0.2, 0.25) is 0 Å². The second kappa shape index (κ2) is 11.3. The van der Waals surface area contributed by atoms with E-state index in [1.807, 2.05) is 36.5 Å². The predicted octanol–water partition coefficient (Wildman–Crippen LogP) is 3.43. The zero-order valence-electron chi connectivity index (χ0n) is 24.5.